The van der Waals surface area contributed by atoms with Crippen LogP contribution in [0.15, 0.2) is 67.3 Å². The molecular formula is C39H58N8O5. The number of amides is 3. The highest BCUT2D eigenvalue weighted by Gasteiger charge is 2.18. The summed E-state index contributed by atoms with van der Waals surface area (Å²) >= 11 is 0. The molecule has 52 heavy (non-hydrogen) atoms. The Labute approximate surface area is 308 Å². The van der Waals surface area contributed by atoms with Crippen LogP contribution in [0.4, 0.5) is 10.7 Å². The van der Waals surface area contributed by atoms with E-state index in [4.69, 9.17) is 0 Å². The van der Waals surface area contributed by atoms with Crippen LogP contribution in [0.5, 0.6) is 0 Å². The van der Waals surface area contributed by atoms with E-state index in [0.29, 0.717) is 19.6 Å². The molecule has 0 saturated carbocycles. The summed E-state index contributed by atoms with van der Waals surface area (Å²) in [4.78, 5) is 50.8. The lowest BCUT2D eigenvalue weighted by Gasteiger charge is -2.14. The minimum absolute atomic E-state index is 0.0344. The summed E-state index contributed by atoms with van der Waals surface area (Å²) < 4.78 is 8.96. The second kappa shape index (κ2) is 25.7. The van der Waals surface area contributed by atoms with Gasteiger partial charge in [0, 0.05) is 39.8 Å². The van der Waals surface area contributed by atoms with Crippen molar-refractivity contribution >= 4 is 24.4 Å². The van der Waals surface area contributed by atoms with Crippen molar-refractivity contribution in [1.29, 1.82) is 0 Å². The molecule has 13 nitrogen and oxygen atoms in total. The zero-order valence-corrected chi connectivity index (χ0v) is 31.7. The van der Waals surface area contributed by atoms with Gasteiger partial charge < -0.3 is 39.9 Å². The first-order chi connectivity index (χ1) is 25.4. The Morgan fingerprint density at radius 2 is 1.37 bits per heavy atom. The average molecular weight is 719 g/mol. The number of benzene rings is 2. The van der Waals surface area contributed by atoms with Crippen LogP contribution >= 0.6 is 0 Å². The molecule has 0 atom stereocenters. The number of ether oxygens (including phenoxy) is 2. The number of alkyl carbamates (subject to hydrolysis) is 1. The van der Waals surface area contributed by atoms with Gasteiger partial charge in [0.15, 0.2) is 0 Å². The van der Waals surface area contributed by atoms with E-state index in [1.807, 2.05) is 26.2 Å². The lowest BCUT2D eigenvalue weighted by atomic mass is 10.0. The van der Waals surface area contributed by atoms with Crippen molar-refractivity contribution in [1.82, 2.24) is 35.5 Å². The number of likely N-dealkylation sites (tertiary alicyclic amines) is 1. The zero-order valence-electron chi connectivity index (χ0n) is 31.7. The summed E-state index contributed by atoms with van der Waals surface area (Å²) in [6, 6.07) is 17.2. The maximum absolute atomic E-state index is 11.3. The number of carbonyl (C=O) groups excluding carboxylic acids is 3. The number of carbonyl (C=O) groups is 3. The molecule has 13 heteroatoms. The van der Waals surface area contributed by atoms with Gasteiger partial charge in [0.2, 0.25) is 18.3 Å². The molecular weight excluding hydrogens is 660 g/mol. The molecule has 2 saturated heterocycles. The summed E-state index contributed by atoms with van der Waals surface area (Å²) in [5.41, 5.74) is 6.80. The van der Waals surface area contributed by atoms with Crippen LogP contribution in [0, 0.1) is 0 Å². The highest BCUT2D eigenvalue weighted by atomic mass is 16.5. The molecule has 4 heterocycles. The van der Waals surface area contributed by atoms with Crippen molar-refractivity contribution in [2.75, 3.05) is 65.0 Å². The molecule has 4 N–H and O–H groups in total. The molecule has 2 aliphatic rings. The molecule has 284 valence electrons. The van der Waals surface area contributed by atoms with Gasteiger partial charge >= 0.3 is 6.09 Å². The average Bonchev–Trinajstić information content (AvgIpc) is 4.04. The lowest BCUT2D eigenvalue weighted by Crippen LogP contribution is -2.38. The molecule has 0 aliphatic carbocycles. The SMILES string of the molecule is CC.CCC.COC(=O)NCC(=O)N1CCCC1.COCCNC=O.c1ncc(-c2ccc(-c3ccc(-c4cnc(N5CCCC5)[nH]4)cc3)cc2)[nH]1. The highest BCUT2D eigenvalue weighted by Crippen LogP contribution is 2.27. The van der Waals surface area contributed by atoms with E-state index in [1.165, 1.54) is 37.5 Å². The molecule has 0 unspecified atom stereocenters. The fourth-order valence-corrected chi connectivity index (χ4v) is 5.16. The van der Waals surface area contributed by atoms with E-state index in [1.54, 1.807) is 18.3 Å². The fraction of sp³-hybridized carbons (Fsp3) is 0.462. The first kappa shape index (κ1) is 43.0. The van der Waals surface area contributed by atoms with Crippen molar-refractivity contribution in [2.45, 2.75) is 59.8 Å². The summed E-state index contributed by atoms with van der Waals surface area (Å²) in [5, 5.41) is 4.80. The predicted octanol–water partition coefficient (Wildman–Crippen LogP) is 6.52. The van der Waals surface area contributed by atoms with Gasteiger partial charge in [0.1, 0.15) is 6.54 Å². The number of imidazole rings is 2. The number of nitrogens with zero attached hydrogens (tertiary/aromatic N) is 4. The van der Waals surface area contributed by atoms with Gasteiger partial charge in [-0.1, -0.05) is 82.6 Å². The van der Waals surface area contributed by atoms with Crippen molar-refractivity contribution in [3.05, 3.63) is 67.3 Å². The summed E-state index contributed by atoms with van der Waals surface area (Å²) in [5.74, 6) is 0.948. The molecule has 2 aromatic heterocycles. The number of methoxy groups -OCH3 is 2. The van der Waals surface area contributed by atoms with Crippen LogP contribution in [0.1, 0.15) is 59.8 Å². The number of anilines is 1. The lowest BCUT2D eigenvalue weighted by molar-refractivity contribution is -0.129. The van der Waals surface area contributed by atoms with Crippen LogP contribution in [-0.4, -0.2) is 103 Å². The first-order valence-electron chi connectivity index (χ1n) is 18.2. The van der Waals surface area contributed by atoms with Gasteiger partial charge in [-0.25, -0.2) is 14.8 Å². The molecule has 0 radical (unpaired) electrons. The quantitative estimate of drug-likeness (QED) is 0.107. The molecule has 4 aromatic rings. The van der Waals surface area contributed by atoms with Crippen LogP contribution < -0.4 is 15.5 Å². The largest absolute Gasteiger partial charge is 0.453 e. The van der Waals surface area contributed by atoms with Crippen molar-refractivity contribution in [2.24, 2.45) is 0 Å². The molecule has 2 aromatic carbocycles. The Kier molecular flexibility index (Phi) is 21.3. The number of hydrogen-bond donors (Lipinski definition) is 4. The van der Waals surface area contributed by atoms with Crippen LogP contribution in [0.2, 0.25) is 0 Å². The Bertz CT molecular complexity index is 1510. The Morgan fingerprint density at radius 3 is 1.87 bits per heavy atom. The molecule has 0 spiro atoms. The number of aromatic nitrogens is 4. The maximum atomic E-state index is 11.3. The van der Waals surface area contributed by atoms with Gasteiger partial charge in [-0.3, -0.25) is 9.59 Å². The highest BCUT2D eigenvalue weighted by molar-refractivity contribution is 5.82. The van der Waals surface area contributed by atoms with Crippen molar-refractivity contribution in [3.8, 4) is 33.6 Å². The third-order valence-electron chi connectivity index (χ3n) is 7.75. The predicted molar refractivity (Wildman–Crippen MR) is 208 cm³/mol. The van der Waals surface area contributed by atoms with Crippen LogP contribution in [-0.2, 0) is 19.1 Å². The first-order valence-corrected chi connectivity index (χ1v) is 18.2. The number of nitrogens with one attached hydrogen (secondary N) is 4. The van der Waals surface area contributed by atoms with E-state index in [-0.39, 0.29) is 12.5 Å². The van der Waals surface area contributed by atoms with E-state index >= 15 is 0 Å². The van der Waals surface area contributed by atoms with E-state index in [9.17, 15) is 14.4 Å². The number of aromatic amines is 2. The van der Waals surface area contributed by atoms with Crippen LogP contribution in [0.25, 0.3) is 33.6 Å². The van der Waals surface area contributed by atoms with E-state index < -0.39 is 6.09 Å². The van der Waals surface area contributed by atoms with Gasteiger partial charge in [0.25, 0.3) is 0 Å². The second-order valence-corrected chi connectivity index (χ2v) is 11.6. The zero-order chi connectivity index (χ0) is 38.0. The Balaban J connectivity index is 0.000000312. The standard InChI is InChI=1S/C22H21N5.C8H14N2O3.C4H9NO2.C3H8.C2H6/c1-2-12-27(11-1)22-24-14-21(26-22)19-9-5-17(6-10-19)16-3-7-18(8-4-16)20-13-23-15-25-20;1-13-8(12)9-6-7(11)10-4-2-3-5-10;1-7-3-2-5-4-6;1-3-2;1-2/h3-10,13-15H,1-2,11-12H2,(H,23,25)(H,24,26);2-6H2,1H3,(H,9,12);4H,2-3H2,1H3,(H,5,6);3H2,1-2H3;1-2H3. The minimum atomic E-state index is -0.562. The monoisotopic (exact) mass is 718 g/mol. The Morgan fingerprint density at radius 1 is 0.827 bits per heavy atom. The fourth-order valence-electron chi connectivity index (χ4n) is 5.16. The molecule has 0 bridgehead atoms. The third-order valence-corrected chi connectivity index (χ3v) is 7.75. The van der Waals surface area contributed by atoms with Gasteiger partial charge in [0.05, 0.1) is 43.8 Å². The second-order valence-electron chi connectivity index (χ2n) is 11.6. The summed E-state index contributed by atoms with van der Waals surface area (Å²) in [6.07, 6.45) is 11.4. The van der Waals surface area contributed by atoms with Gasteiger partial charge in [-0.15, -0.1) is 0 Å². The Hall–Kier alpha value is -5.17. The van der Waals surface area contributed by atoms with E-state index in [2.05, 4.69) is 107 Å². The molecule has 6 rings (SSSR count). The number of H-pyrrole nitrogens is 2. The summed E-state index contributed by atoms with van der Waals surface area (Å²) in [7, 11) is 2.86. The number of hydrogen-bond acceptors (Lipinski definition) is 8. The maximum Gasteiger partial charge on any atom is 0.407 e. The van der Waals surface area contributed by atoms with Gasteiger partial charge in [-0.2, -0.15) is 0 Å². The molecule has 3 amide bonds. The minimum Gasteiger partial charge on any atom is -0.453 e. The van der Waals surface area contributed by atoms with E-state index in [0.717, 1.165) is 67.5 Å². The van der Waals surface area contributed by atoms with Crippen LogP contribution in [0.3, 0.4) is 0 Å². The topological polar surface area (TPSA) is 158 Å². The third kappa shape index (κ3) is 15.0. The van der Waals surface area contributed by atoms with Gasteiger partial charge in [-0.05, 0) is 47.9 Å². The van der Waals surface area contributed by atoms with Crippen molar-refractivity contribution in [3.63, 3.8) is 0 Å². The summed E-state index contributed by atoms with van der Waals surface area (Å²) in [6.45, 7) is 13.3. The molecule has 2 aliphatic heterocycles. The smallest absolute Gasteiger partial charge is 0.407 e. The molecule has 2 fully saturated rings. The number of rotatable bonds is 10. The normalized spacial score (nSPS) is 12.7. The van der Waals surface area contributed by atoms with Crippen molar-refractivity contribution < 1.29 is 23.9 Å².